The molecule has 1 atom stereocenters. The molecular formula is C24H44IN5O2. The predicted molar refractivity (Wildman–Crippen MR) is 144 cm³/mol. The first kappa shape index (κ1) is 29.1. The minimum Gasteiger partial charge on any atom is -0.385 e. The van der Waals surface area contributed by atoms with Crippen molar-refractivity contribution in [1.82, 2.24) is 20.9 Å². The Kier molecular flexibility index (Phi) is 15.1. The van der Waals surface area contributed by atoms with Crippen molar-refractivity contribution in [2.45, 2.75) is 44.7 Å². The van der Waals surface area contributed by atoms with E-state index in [0.717, 1.165) is 77.8 Å². The Hall–Kier alpha value is -0.940. The Balaban J connectivity index is 0.00000512. The molecule has 0 radical (unpaired) electrons. The summed E-state index contributed by atoms with van der Waals surface area (Å²) in [5, 5.41) is 10.8. The van der Waals surface area contributed by atoms with E-state index in [1.807, 2.05) is 0 Å². The third-order valence-corrected chi connectivity index (χ3v) is 5.83. The number of hydrogen-bond acceptors (Lipinski definition) is 5. The van der Waals surface area contributed by atoms with Crippen LogP contribution in [0.15, 0.2) is 35.3 Å². The van der Waals surface area contributed by atoms with Crippen molar-refractivity contribution < 1.29 is 9.47 Å². The van der Waals surface area contributed by atoms with Gasteiger partial charge in [0, 0.05) is 64.7 Å². The molecular weight excluding hydrogens is 517 g/mol. The van der Waals surface area contributed by atoms with Gasteiger partial charge in [0.15, 0.2) is 5.96 Å². The molecule has 2 rings (SSSR count). The fourth-order valence-corrected chi connectivity index (χ4v) is 3.92. The lowest BCUT2D eigenvalue weighted by atomic mass is 9.88. The zero-order valence-electron chi connectivity index (χ0n) is 20.4. The maximum atomic E-state index is 5.66. The van der Waals surface area contributed by atoms with Crippen LogP contribution in [0, 0.1) is 0 Å². The van der Waals surface area contributed by atoms with E-state index < -0.39 is 0 Å². The van der Waals surface area contributed by atoms with Crippen molar-refractivity contribution in [3.63, 3.8) is 0 Å². The van der Waals surface area contributed by atoms with E-state index in [0.29, 0.717) is 0 Å². The largest absolute Gasteiger partial charge is 0.385 e. The second kappa shape index (κ2) is 16.6. The maximum absolute atomic E-state index is 5.66. The number of nitrogens with one attached hydrogen (secondary N) is 3. The van der Waals surface area contributed by atoms with Crippen LogP contribution >= 0.6 is 24.0 Å². The first-order valence-electron chi connectivity index (χ1n) is 11.7. The molecule has 1 aromatic rings. The molecule has 184 valence electrons. The number of aliphatic imine (C=N–C) groups is 1. The molecule has 1 unspecified atom stereocenters. The molecule has 0 spiro atoms. The van der Waals surface area contributed by atoms with Crippen molar-refractivity contribution in [3.8, 4) is 0 Å². The van der Waals surface area contributed by atoms with Crippen LogP contribution in [0.2, 0.25) is 0 Å². The molecule has 1 heterocycles. The number of halogens is 1. The van der Waals surface area contributed by atoms with Crippen LogP contribution in [0.3, 0.4) is 0 Å². The summed E-state index contributed by atoms with van der Waals surface area (Å²) < 4.78 is 10.8. The van der Waals surface area contributed by atoms with Crippen LogP contribution in [-0.4, -0.2) is 83.1 Å². The number of hydrogen-bond donors (Lipinski definition) is 3. The molecule has 1 aliphatic heterocycles. The van der Waals surface area contributed by atoms with Gasteiger partial charge >= 0.3 is 0 Å². The number of benzene rings is 1. The third-order valence-electron chi connectivity index (χ3n) is 5.83. The minimum absolute atomic E-state index is 0. The van der Waals surface area contributed by atoms with E-state index in [9.17, 15) is 0 Å². The van der Waals surface area contributed by atoms with E-state index in [-0.39, 0.29) is 35.6 Å². The van der Waals surface area contributed by atoms with Gasteiger partial charge in [-0.2, -0.15) is 0 Å². The van der Waals surface area contributed by atoms with Crippen LogP contribution in [0.25, 0.3) is 0 Å². The molecule has 0 bridgehead atoms. The van der Waals surface area contributed by atoms with Crippen molar-refractivity contribution in [1.29, 1.82) is 0 Å². The fourth-order valence-electron chi connectivity index (χ4n) is 3.92. The van der Waals surface area contributed by atoms with E-state index in [1.54, 1.807) is 7.11 Å². The van der Waals surface area contributed by atoms with Crippen molar-refractivity contribution in [3.05, 3.63) is 35.9 Å². The summed E-state index contributed by atoms with van der Waals surface area (Å²) >= 11 is 0. The van der Waals surface area contributed by atoms with Gasteiger partial charge in [-0.05, 0) is 45.7 Å². The molecule has 1 saturated heterocycles. The maximum Gasteiger partial charge on any atom is 0.191 e. The van der Waals surface area contributed by atoms with E-state index >= 15 is 0 Å². The van der Waals surface area contributed by atoms with Gasteiger partial charge in [-0.3, -0.25) is 4.99 Å². The van der Waals surface area contributed by atoms with Gasteiger partial charge in [-0.25, -0.2) is 0 Å². The number of guanidine groups is 1. The van der Waals surface area contributed by atoms with E-state index in [1.165, 1.54) is 5.56 Å². The second-order valence-corrected chi connectivity index (χ2v) is 8.44. The normalized spacial score (nSPS) is 17.0. The predicted octanol–water partition coefficient (Wildman–Crippen LogP) is 3.03. The molecule has 0 saturated carbocycles. The topological polar surface area (TPSA) is 70.2 Å². The first-order valence-corrected chi connectivity index (χ1v) is 11.7. The zero-order valence-corrected chi connectivity index (χ0v) is 22.7. The number of likely N-dealkylation sites (N-methyl/N-ethyl adjacent to an activating group) is 1. The minimum atomic E-state index is -0.0488. The fraction of sp³-hybridized carbons (Fsp3) is 0.708. The SMILES string of the molecule is CCNC(=NCC1(NC(C)c2ccccc2)CCOCC1)NCCN(C)CCCOC.I. The number of methoxy groups -OCH3 is 1. The highest BCUT2D eigenvalue weighted by molar-refractivity contribution is 14.0. The summed E-state index contributed by atoms with van der Waals surface area (Å²) in [5.41, 5.74) is 1.26. The lowest BCUT2D eigenvalue weighted by Gasteiger charge is -2.39. The molecule has 3 N–H and O–H groups in total. The van der Waals surface area contributed by atoms with Crippen LogP contribution in [0.4, 0.5) is 0 Å². The van der Waals surface area contributed by atoms with E-state index in [4.69, 9.17) is 14.5 Å². The average molecular weight is 562 g/mol. The van der Waals surface area contributed by atoms with Crippen molar-refractivity contribution >= 4 is 29.9 Å². The smallest absolute Gasteiger partial charge is 0.191 e. The van der Waals surface area contributed by atoms with Crippen molar-refractivity contribution in [2.24, 2.45) is 4.99 Å². The first-order chi connectivity index (χ1) is 15.1. The molecule has 8 heteroatoms. The van der Waals surface area contributed by atoms with Gasteiger partial charge in [0.1, 0.15) is 0 Å². The Morgan fingerprint density at radius 2 is 1.91 bits per heavy atom. The van der Waals surface area contributed by atoms with E-state index in [2.05, 4.69) is 72.1 Å². The summed E-state index contributed by atoms with van der Waals surface area (Å²) in [6.07, 6.45) is 2.99. The van der Waals surface area contributed by atoms with Crippen LogP contribution in [0.1, 0.15) is 44.7 Å². The molecule has 1 fully saturated rings. The molecule has 0 aromatic heterocycles. The standard InChI is InChI=1S/C24H43N5O2.HI/c1-5-25-23(26-14-16-29(3)15-9-17-30-4)27-20-24(12-18-31-19-13-24)28-21(2)22-10-7-6-8-11-22;/h6-8,10-11,21,28H,5,9,12-20H2,1-4H3,(H2,25,26,27);1H. The van der Waals surface area contributed by atoms with Crippen LogP contribution < -0.4 is 16.0 Å². The second-order valence-electron chi connectivity index (χ2n) is 8.44. The summed E-state index contributed by atoms with van der Waals surface area (Å²) in [5.74, 6) is 0.882. The number of nitrogens with zero attached hydrogens (tertiary/aromatic N) is 2. The quantitative estimate of drug-likeness (QED) is 0.149. The molecule has 0 aliphatic carbocycles. The molecule has 1 aliphatic rings. The summed E-state index contributed by atoms with van der Waals surface area (Å²) in [6.45, 7) is 11.1. The van der Waals surface area contributed by atoms with Gasteiger partial charge in [0.25, 0.3) is 0 Å². The number of rotatable bonds is 13. The van der Waals surface area contributed by atoms with Gasteiger partial charge in [0.05, 0.1) is 6.54 Å². The summed E-state index contributed by atoms with van der Waals surface area (Å²) in [6, 6.07) is 10.9. The van der Waals surface area contributed by atoms with Crippen LogP contribution in [0.5, 0.6) is 0 Å². The highest BCUT2D eigenvalue weighted by atomic mass is 127. The zero-order chi connectivity index (χ0) is 22.4. The molecule has 0 amide bonds. The van der Waals surface area contributed by atoms with Crippen LogP contribution in [-0.2, 0) is 9.47 Å². The Bertz CT molecular complexity index is 626. The monoisotopic (exact) mass is 561 g/mol. The third kappa shape index (κ3) is 10.8. The highest BCUT2D eigenvalue weighted by Crippen LogP contribution is 2.26. The van der Waals surface area contributed by atoms with Gasteiger partial charge in [0.2, 0.25) is 0 Å². The lowest BCUT2D eigenvalue weighted by Crippen LogP contribution is -2.53. The highest BCUT2D eigenvalue weighted by Gasteiger charge is 2.34. The van der Waals surface area contributed by atoms with Gasteiger partial charge in [-0.15, -0.1) is 24.0 Å². The Labute approximate surface area is 212 Å². The molecule has 7 nitrogen and oxygen atoms in total. The van der Waals surface area contributed by atoms with Crippen molar-refractivity contribution in [2.75, 3.05) is 66.7 Å². The molecule has 32 heavy (non-hydrogen) atoms. The lowest BCUT2D eigenvalue weighted by molar-refractivity contribution is 0.0374. The summed E-state index contributed by atoms with van der Waals surface area (Å²) in [7, 11) is 3.90. The van der Waals surface area contributed by atoms with Gasteiger partial charge in [-0.1, -0.05) is 30.3 Å². The molecule has 1 aromatic carbocycles. The number of ether oxygens (including phenoxy) is 2. The Morgan fingerprint density at radius 3 is 2.56 bits per heavy atom. The van der Waals surface area contributed by atoms with Gasteiger partial charge < -0.3 is 30.3 Å². The Morgan fingerprint density at radius 1 is 1.19 bits per heavy atom. The average Bonchev–Trinajstić information content (AvgIpc) is 2.79. The summed E-state index contributed by atoms with van der Waals surface area (Å²) in [4.78, 5) is 7.28.